The standard InChI is InChI=1S/C29H40N4O.C2HF3O2/c1-21-19-32-15-8-14-29(28(32)31-21)20-30-18-25(29)27(34)33-16-13-24(22-9-4-2-5-10-22)17-26(33)23-11-6-3-7-12-23;3-2(4,5)1(6)7/h2,4-5,9-10,19,23-26,30H,3,6-8,11-18,20H2,1H3;(H,6,7)/p+1/t24-,25+,26+,29-;/m1./s1. The average molecular weight is 576 g/mol. The summed E-state index contributed by atoms with van der Waals surface area (Å²) in [6.07, 6.45) is 8.25. The first kappa shape index (κ1) is 29.6. The molecule has 3 fully saturated rings. The number of alkyl halides is 3. The number of hydrogen-bond acceptors (Lipinski definition) is 3. The van der Waals surface area contributed by atoms with Gasteiger partial charge in [0.05, 0.1) is 19.6 Å². The summed E-state index contributed by atoms with van der Waals surface area (Å²) in [6, 6.07) is 11.5. The van der Waals surface area contributed by atoms with E-state index >= 15 is 0 Å². The smallest absolute Gasteiger partial charge is 0.430 e. The Morgan fingerprint density at radius 3 is 2.49 bits per heavy atom. The molecule has 1 spiro atoms. The number of aromatic nitrogens is 2. The van der Waals surface area contributed by atoms with Crippen LogP contribution in [0.4, 0.5) is 13.2 Å². The van der Waals surface area contributed by atoms with Crippen molar-refractivity contribution in [3.8, 4) is 0 Å². The largest absolute Gasteiger partial charge is 0.542 e. The van der Waals surface area contributed by atoms with E-state index in [2.05, 4.69) is 63.2 Å². The van der Waals surface area contributed by atoms with Crippen LogP contribution in [0.3, 0.4) is 0 Å². The third-order valence-electron chi connectivity index (χ3n) is 9.95. The zero-order valence-electron chi connectivity index (χ0n) is 23.8. The summed E-state index contributed by atoms with van der Waals surface area (Å²) < 4.78 is 34.0. The Bertz CT molecular complexity index is 1210. The molecule has 4 atom stereocenters. The van der Waals surface area contributed by atoms with E-state index in [0.717, 1.165) is 45.4 Å². The molecule has 6 rings (SSSR count). The fraction of sp³-hybridized carbons (Fsp3) is 0.645. The molecular weight excluding hydrogens is 533 g/mol. The zero-order chi connectivity index (χ0) is 29.2. The van der Waals surface area contributed by atoms with E-state index in [1.807, 2.05) is 0 Å². The molecule has 2 saturated heterocycles. The number of carbonyl (C=O) groups excluding carboxylic acids is 2. The minimum atomic E-state index is -5.19. The second-order valence-electron chi connectivity index (χ2n) is 12.4. The van der Waals surface area contributed by atoms with Crippen molar-refractivity contribution in [2.75, 3.05) is 19.6 Å². The SMILES string of the molecule is Cc1c[n+]2c([nH]1)[C@]1(CCC2)C[NH2+]C[C@H]1C(=O)N1CC[C@@H](c2ccccc2)C[C@H]1C1CCCCC1.O=C([O-])C(F)(F)F. The number of hydrogen-bond donors (Lipinski definition) is 2. The van der Waals surface area contributed by atoms with Gasteiger partial charge in [0.25, 0.3) is 5.82 Å². The summed E-state index contributed by atoms with van der Waals surface area (Å²) in [5.41, 5.74) is 2.66. The summed E-state index contributed by atoms with van der Waals surface area (Å²) in [5, 5.41) is 11.2. The molecule has 1 saturated carbocycles. The first-order valence-electron chi connectivity index (χ1n) is 15.1. The van der Waals surface area contributed by atoms with Gasteiger partial charge in [-0.05, 0) is 55.9 Å². The number of carboxylic acid groups (broad SMARTS) is 1. The van der Waals surface area contributed by atoms with E-state index in [1.165, 1.54) is 55.6 Å². The number of rotatable bonds is 3. The molecule has 1 aromatic carbocycles. The fourth-order valence-corrected chi connectivity index (χ4v) is 8.07. The molecule has 1 aromatic heterocycles. The van der Waals surface area contributed by atoms with Crippen molar-refractivity contribution in [1.29, 1.82) is 0 Å². The Kier molecular flexibility index (Phi) is 8.78. The number of piperidine rings is 1. The van der Waals surface area contributed by atoms with Crippen LogP contribution >= 0.6 is 0 Å². The summed E-state index contributed by atoms with van der Waals surface area (Å²) in [5.74, 6) is 0.121. The lowest BCUT2D eigenvalue weighted by Crippen LogP contribution is -2.83. The maximum atomic E-state index is 14.5. The predicted octanol–water partition coefficient (Wildman–Crippen LogP) is 2.49. The number of quaternary nitrogens is 1. The van der Waals surface area contributed by atoms with Gasteiger partial charge in [-0.3, -0.25) is 4.79 Å². The van der Waals surface area contributed by atoms with Gasteiger partial charge in [0.1, 0.15) is 29.2 Å². The molecule has 0 radical (unpaired) electrons. The summed E-state index contributed by atoms with van der Waals surface area (Å²) in [4.78, 5) is 29.3. The van der Waals surface area contributed by atoms with Gasteiger partial charge >= 0.3 is 6.18 Å². The highest BCUT2D eigenvalue weighted by atomic mass is 19.4. The Morgan fingerprint density at radius 1 is 1.10 bits per heavy atom. The molecule has 3 aliphatic heterocycles. The van der Waals surface area contributed by atoms with Gasteiger partial charge in [-0.25, -0.2) is 9.55 Å². The Hall–Kier alpha value is -2.88. The van der Waals surface area contributed by atoms with Crippen LogP contribution in [0.2, 0.25) is 0 Å². The maximum Gasteiger partial charge on any atom is 0.430 e. The van der Waals surface area contributed by atoms with Crippen LogP contribution in [0, 0.1) is 18.8 Å². The van der Waals surface area contributed by atoms with Gasteiger partial charge in [-0.1, -0.05) is 49.6 Å². The second kappa shape index (κ2) is 12.2. The van der Waals surface area contributed by atoms with Crippen molar-refractivity contribution in [3.05, 3.63) is 53.6 Å². The quantitative estimate of drug-likeness (QED) is 0.551. The van der Waals surface area contributed by atoms with E-state index in [-0.39, 0.29) is 11.3 Å². The lowest BCUT2D eigenvalue weighted by molar-refractivity contribution is -0.717. The molecular formula is C31H42F3N4O3+. The van der Waals surface area contributed by atoms with Crippen LogP contribution in [-0.2, 0) is 21.5 Å². The highest BCUT2D eigenvalue weighted by Gasteiger charge is 2.59. The van der Waals surface area contributed by atoms with Crippen LogP contribution in [0.5, 0.6) is 0 Å². The number of carbonyl (C=O) groups is 2. The predicted molar refractivity (Wildman–Crippen MR) is 143 cm³/mol. The van der Waals surface area contributed by atoms with E-state index in [4.69, 9.17) is 9.90 Å². The molecule has 2 aromatic rings. The minimum absolute atomic E-state index is 0.0308. The zero-order valence-corrected chi connectivity index (χ0v) is 23.8. The van der Waals surface area contributed by atoms with E-state index in [1.54, 1.807) is 0 Å². The first-order valence-corrected chi connectivity index (χ1v) is 15.1. The highest BCUT2D eigenvalue weighted by Crippen LogP contribution is 2.43. The molecule has 4 heterocycles. The van der Waals surface area contributed by atoms with Gasteiger partial charge in [0.15, 0.2) is 0 Å². The average Bonchev–Trinajstić information content (AvgIpc) is 3.57. The van der Waals surface area contributed by atoms with Crippen molar-refractivity contribution in [3.63, 3.8) is 0 Å². The molecule has 4 aliphatic rings. The Morgan fingerprint density at radius 2 is 1.80 bits per heavy atom. The number of benzene rings is 1. The molecule has 10 heteroatoms. The maximum absolute atomic E-state index is 14.5. The lowest BCUT2D eigenvalue weighted by atomic mass is 9.70. The third-order valence-corrected chi connectivity index (χ3v) is 9.95. The van der Waals surface area contributed by atoms with Crippen molar-refractivity contribution in [2.24, 2.45) is 11.8 Å². The van der Waals surface area contributed by atoms with E-state index < -0.39 is 12.1 Å². The minimum Gasteiger partial charge on any atom is -0.542 e. The van der Waals surface area contributed by atoms with E-state index in [9.17, 15) is 18.0 Å². The van der Waals surface area contributed by atoms with Crippen LogP contribution < -0.4 is 15.0 Å². The number of aliphatic carboxylic acids is 1. The van der Waals surface area contributed by atoms with E-state index in [0.29, 0.717) is 23.8 Å². The number of fused-ring (bicyclic) bond motifs is 2. The van der Waals surface area contributed by atoms with Gasteiger partial charge in [0, 0.05) is 19.5 Å². The molecule has 3 N–H and O–H groups in total. The number of H-pyrrole nitrogens is 1. The van der Waals surface area contributed by atoms with Gasteiger partial charge in [-0.15, -0.1) is 0 Å². The number of aryl methyl sites for hydroxylation is 2. The molecule has 0 bridgehead atoms. The number of halogens is 3. The van der Waals surface area contributed by atoms with Crippen LogP contribution in [0.15, 0.2) is 36.5 Å². The monoisotopic (exact) mass is 575 g/mol. The third kappa shape index (κ3) is 6.17. The van der Waals surface area contributed by atoms with Crippen LogP contribution in [0.25, 0.3) is 0 Å². The number of likely N-dealkylation sites (tertiary alicyclic amines) is 1. The fourth-order valence-electron chi connectivity index (χ4n) is 8.07. The first-order chi connectivity index (χ1) is 19.6. The van der Waals surface area contributed by atoms with Crippen molar-refractivity contribution < 1.29 is 37.8 Å². The molecule has 1 aliphatic carbocycles. The lowest BCUT2D eigenvalue weighted by Gasteiger charge is -2.46. The van der Waals surface area contributed by atoms with Crippen LogP contribution in [-0.4, -0.2) is 53.6 Å². The Labute approximate surface area is 239 Å². The summed E-state index contributed by atoms with van der Waals surface area (Å²) in [6.45, 7) is 6.14. The summed E-state index contributed by atoms with van der Waals surface area (Å²) in [7, 11) is 0. The number of amides is 1. The number of carboxylic acids is 1. The second-order valence-corrected chi connectivity index (χ2v) is 12.4. The number of nitrogens with zero attached hydrogens (tertiary/aromatic N) is 2. The molecule has 224 valence electrons. The number of imidazole rings is 1. The number of nitrogens with one attached hydrogen (secondary N) is 1. The highest BCUT2D eigenvalue weighted by molar-refractivity contribution is 5.81. The summed E-state index contributed by atoms with van der Waals surface area (Å²) >= 11 is 0. The Balaban J connectivity index is 0.000000431. The molecule has 7 nitrogen and oxygen atoms in total. The van der Waals surface area contributed by atoms with Crippen molar-refractivity contribution >= 4 is 11.9 Å². The molecule has 0 unspecified atom stereocenters. The topological polar surface area (TPSA) is 96.7 Å². The number of nitrogens with two attached hydrogens (primary N) is 1. The molecule has 1 amide bonds. The van der Waals surface area contributed by atoms with Gasteiger partial charge in [0.2, 0.25) is 5.91 Å². The van der Waals surface area contributed by atoms with Gasteiger partial charge < -0.3 is 20.1 Å². The number of aromatic amines is 1. The molecule has 41 heavy (non-hydrogen) atoms. The van der Waals surface area contributed by atoms with Crippen LogP contribution in [0.1, 0.15) is 80.8 Å². The van der Waals surface area contributed by atoms with Crippen molar-refractivity contribution in [2.45, 2.75) is 94.8 Å². The van der Waals surface area contributed by atoms with Gasteiger partial charge in [-0.2, -0.15) is 13.2 Å². The normalized spacial score (nSPS) is 28.6. The van der Waals surface area contributed by atoms with Crippen molar-refractivity contribution in [1.82, 2.24) is 9.88 Å².